The molecule has 6 nitrogen and oxygen atoms in total. The molecular weight excluding hydrogens is 343 g/mol. The van der Waals surface area contributed by atoms with Crippen LogP contribution in [0.2, 0.25) is 0 Å². The fourth-order valence-electron chi connectivity index (χ4n) is 2.75. The lowest BCUT2D eigenvalue weighted by atomic mass is 9.78. The molecule has 1 aliphatic heterocycles. The maximum Gasteiger partial charge on any atom is 0.498 e. The zero-order valence-corrected chi connectivity index (χ0v) is 17.1. The first-order valence-corrected chi connectivity index (χ1v) is 9.14. The first-order chi connectivity index (χ1) is 12.4. The number of aromatic nitrogens is 2. The normalized spacial score (nSPS) is 18.6. The Morgan fingerprint density at radius 3 is 2.15 bits per heavy atom. The quantitative estimate of drug-likeness (QED) is 0.756. The minimum atomic E-state index is -0.624. The Kier molecular flexibility index (Phi) is 4.72. The Bertz CT molecular complexity index is 821. The van der Waals surface area contributed by atoms with Gasteiger partial charge < -0.3 is 14.0 Å². The number of carbonyl (C=O) groups is 1. The summed E-state index contributed by atoms with van der Waals surface area (Å²) in [5.74, 6) is 0. The number of hydrogen-bond donors (Lipinski definition) is 0. The highest BCUT2D eigenvalue weighted by molar-refractivity contribution is 6.63. The average Bonchev–Trinajstić information content (AvgIpc) is 3.06. The largest absolute Gasteiger partial charge is 0.498 e. The van der Waals surface area contributed by atoms with Gasteiger partial charge in [0.1, 0.15) is 5.60 Å². The van der Waals surface area contributed by atoms with Gasteiger partial charge in [-0.25, -0.2) is 4.79 Å². The van der Waals surface area contributed by atoms with E-state index in [0.717, 1.165) is 5.56 Å². The third-order valence-corrected chi connectivity index (χ3v) is 4.88. The topological polar surface area (TPSA) is 62.6 Å². The number of benzene rings is 1. The smallest absolute Gasteiger partial charge is 0.442 e. The van der Waals surface area contributed by atoms with Crippen LogP contribution in [0.1, 0.15) is 48.5 Å². The molecule has 0 amide bonds. The van der Waals surface area contributed by atoms with E-state index in [2.05, 4.69) is 5.10 Å². The predicted octanol–water partition coefficient (Wildman–Crippen LogP) is 3.63. The summed E-state index contributed by atoms with van der Waals surface area (Å²) < 4.78 is 19.0. The van der Waals surface area contributed by atoms with Crippen molar-refractivity contribution in [3.63, 3.8) is 0 Å². The highest BCUT2D eigenvalue weighted by Gasteiger charge is 2.53. The van der Waals surface area contributed by atoms with E-state index in [9.17, 15) is 4.79 Å². The van der Waals surface area contributed by atoms with Gasteiger partial charge in [-0.05, 0) is 48.5 Å². The van der Waals surface area contributed by atoms with Crippen molar-refractivity contribution in [2.75, 3.05) is 0 Å². The molecule has 0 saturated carbocycles. The highest BCUT2D eigenvalue weighted by atomic mass is 16.7. The Morgan fingerprint density at radius 2 is 1.63 bits per heavy atom. The van der Waals surface area contributed by atoms with Gasteiger partial charge in [-0.15, -0.1) is 0 Å². The third-order valence-electron chi connectivity index (χ3n) is 4.88. The molecule has 0 aliphatic carbocycles. The number of rotatable bonds is 2. The van der Waals surface area contributed by atoms with Crippen LogP contribution in [0.5, 0.6) is 0 Å². The molecule has 3 rings (SSSR count). The van der Waals surface area contributed by atoms with Gasteiger partial charge in [-0.3, -0.25) is 0 Å². The Morgan fingerprint density at radius 1 is 1.07 bits per heavy atom. The number of nitrogens with zero attached hydrogens (tertiary/aromatic N) is 2. The van der Waals surface area contributed by atoms with Gasteiger partial charge in [-0.1, -0.05) is 30.3 Å². The second kappa shape index (κ2) is 6.50. The summed E-state index contributed by atoms with van der Waals surface area (Å²) in [6.45, 7) is 13.4. The molecule has 0 radical (unpaired) electrons. The van der Waals surface area contributed by atoms with Crippen molar-refractivity contribution in [1.29, 1.82) is 0 Å². The van der Waals surface area contributed by atoms with E-state index in [1.807, 2.05) is 78.8 Å². The minimum Gasteiger partial charge on any atom is -0.442 e. The molecule has 0 N–H and O–H groups in total. The van der Waals surface area contributed by atoms with E-state index >= 15 is 0 Å². The number of ether oxygens (including phenoxy) is 1. The van der Waals surface area contributed by atoms with Crippen LogP contribution in [0.25, 0.3) is 11.3 Å². The summed E-state index contributed by atoms with van der Waals surface area (Å²) in [5, 5.41) is 4.49. The molecule has 0 spiro atoms. The van der Waals surface area contributed by atoms with Crippen molar-refractivity contribution in [3.05, 3.63) is 36.5 Å². The molecular formula is C20H27BN2O4. The number of hydrogen-bond acceptors (Lipinski definition) is 5. The van der Waals surface area contributed by atoms with Gasteiger partial charge in [0.25, 0.3) is 0 Å². The van der Waals surface area contributed by atoms with E-state index in [4.69, 9.17) is 14.0 Å². The van der Waals surface area contributed by atoms with Gasteiger partial charge in [0.2, 0.25) is 0 Å². The van der Waals surface area contributed by atoms with Gasteiger partial charge >= 0.3 is 13.2 Å². The number of carbonyl (C=O) groups excluding carboxylic acids is 1. The van der Waals surface area contributed by atoms with E-state index in [1.54, 1.807) is 6.20 Å². The predicted molar refractivity (Wildman–Crippen MR) is 105 cm³/mol. The average molecular weight is 370 g/mol. The van der Waals surface area contributed by atoms with Crippen LogP contribution in [0, 0.1) is 0 Å². The van der Waals surface area contributed by atoms with Crippen LogP contribution in [-0.4, -0.2) is 39.8 Å². The van der Waals surface area contributed by atoms with Gasteiger partial charge in [-0.2, -0.15) is 9.78 Å². The molecule has 7 heteroatoms. The van der Waals surface area contributed by atoms with Crippen molar-refractivity contribution >= 4 is 18.7 Å². The molecule has 0 unspecified atom stereocenters. The third kappa shape index (κ3) is 3.94. The summed E-state index contributed by atoms with van der Waals surface area (Å²) >= 11 is 0. The maximum absolute atomic E-state index is 12.5. The van der Waals surface area contributed by atoms with E-state index in [-0.39, 0.29) is 0 Å². The van der Waals surface area contributed by atoms with E-state index in [0.29, 0.717) is 11.2 Å². The minimum absolute atomic E-state index is 0.486. The zero-order valence-electron chi connectivity index (χ0n) is 17.1. The lowest BCUT2D eigenvalue weighted by Crippen LogP contribution is -2.41. The molecule has 1 aliphatic rings. The first-order valence-electron chi connectivity index (χ1n) is 9.14. The van der Waals surface area contributed by atoms with Crippen molar-refractivity contribution in [1.82, 2.24) is 9.78 Å². The molecule has 2 heterocycles. The summed E-state index contributed by atoms with van der Waals surface area (Å²) in [7, 11) is -0.624. The Labute approximate surface area is 160 Å². The van der Waals surface area contributed by atoms with Crippen molar-refractivity contribution in [3.8, 4) is 11.3 Å². The molecule has 0 bridgehead atoms. The van der Waals surface area contributed by atoms with Gasteiger partial charge in [0.15, 0.2) is 0 Å². The summed E-state index contributed by atoms with van der Waals surface area (Å²) in [4.78, 5) is 12.5. The summed E-state index contributed by atoms with van der Waals surface area (Å²) in [5.41, 5.74) is 0.634. The van der Waals surface area contributed by atoms with Crippen LogP contribution in [0.3, 0.4) is 0 Å². The van der Waals surface area contributed by atoms with Gasteiger partial charge in [0.05, 0.1) is 16.9 Å². The molecule has 0 atom stereocenters. The van der Waals surface area contributed by atoms with Crippen molar-refractivity contribution in [2.24, 2.45) is 0 Å². The van der Waals surface area contributed by atoms with E-state index in [1.165, 1.54) is 4.68 Å². The summed E-state index contributed by atoms with van der Waals surface area (Å²) in [6, 6.07) is 9.67. The summed E-state index contributed by atoms with van der Waals surface area (Å²) in [6.07, 6.45) is 1.10. The second-order valence-electron chi connectivity index (χ2n) is 8.81. The molecule has 27 heavy (non-hydrogen) atoms. The fraction of sp³-hybridized carbons (Fsp3) is 0.500. The van der Waals surface area contributed by atoms with Crippen LogP contribution in [-0.2, 0) is 14.0 Å². The first kappa shape index (κ1) is 19.6. The SMILES string of the molecule is CC(C)(C)OC(=O)n1cc(B2OC(C)(C)C(C)(C)O2)c(-c2ccccc2)n1. The Balaban J connectivity index is 2.03. The Hall–Kier alpha value is -2.12. The molecule has 1 saturated heterocycles. The maximum atomic E-state index is 12.5. The van der Waals surface area contributed by atoms with Crippen LogP contribution in [0.15, 0.2) is 36.5 Å². The molecule has 144 valence electrons. The lowest BCUT2D eigenvalue weighted by molar-refractivity contribution is 0.00578. The molecule has 1 aromatic carbocycles. The zero-order chi connectivity index (χ0) is 20.0. The van der Waals surface area contributed by atoms with Gasteiger partial charge in [0, 0.05) is 17.2 Å². The molecule has 1 aromatic heterocycles. The standard InChI is InChI=1S/C20H27BN2O4/c1-18(2,3)25-17(24)23-13-15(16(22-23)14-11-9-8-10-12-14)21-26-19(4,5)20(6,7)27-21/h8-13H,1-7H3. The monoisotopic (exact) mass is 370 g/mol. The van der Waals surface area contributed by atoms with E-state index < -0.39 is 30.0 Å². The lowest BCUT2D eigenvalue weighted by Gasteiger charge is -2.32. The van der Waals surface area contributed by atoms with Crippen molar-refractivity contribution < 1.29 is 18.8 Å². The fourth-order valence-corrected chi connectivity index (χ4v) is 2.75. The molecule has 1 fully saturated rings. The van der Waals surface area contributed by atoms with Crippen LogP contribution >= 0.6 is 0 Å². The highest BCUT2D eigenvalue weighted by Crippen LogP contribution is 2.37. The van der Waals surface area contributed by atoms with Crippen LogP contribution < -0.4 is 5.46 Å². The second-order valence-corrected chi connectivity index (χ2v) is 8.81. The van der Waals surface area contributed by atoms with Crippen LogP contribution in [0.4, 0.5) is 4.79 Å². The molecule has 2 aromatic rings. The van der Waals surface area contributed by atoms with Crippen molar-refractivity contribution in [2.45, 2.75) is 65.3 Å².